The number of carbonyl (C=O) groups is 1. The molecule has 5 heteroatoms. The van der Waals surface area contributed by atoms with Crippen molar-refractivity contribution in [3.63, 3.8) is 0 Å². The molecule has 114 valence electrons. The van der Waals surface area contributed by atoms with E-state index in [1.54, 1.807) is 0 Å². The van der Waals surface area contributed by atoms with E-state index in [0.717, 1.165) is 39.1 Å². The molecule has 2 N–H and O–H groups in total. The first kappa shape index (κ1) is 14.3. The van der Waals surface area contributed by atoms with Gasteiger partial charge in [-0.05, 0) is 38.5 Å². The number of likely N-dealkylation sites (tertiary alicyclic amines) is 1. The Kier molecular flexibility index (Phi) is 4.02. The Balaban J connectivity index is 1.68. The van der Waals surface area contributed by atoms with Gasteiger partial charge in [0.1, 0.15) is 0 Å². The summed E-state index contributed by atoms with van der Waals surface area (Å²) in [7, 11) is 0. The maximum atomic E-state index is 12.8. The van der Waals surface area contributed by atoms with Crippen molar-refractivity contribution in [1.82, 2.24) is 4.90 Å². The van der Waals surface area contributed by atoms with Crippen LogP contribution in [-0.4, -0.2) is 55.9 Å². The largest absolute Gasteiger partial charge is 0.381 e. The summed E-state index contributed by atoms with van der Waals surface area (Å²) in [4.78, 5) is 14.8. The molecule has 0 aromatic rings. The van der Waals surface area contributed by atoms with E-state index < -0.39 is 5.54 Å². The lowest BCUT2D eigenvalue weighted by Gasteiger charge is -2.47. The first-order valence-corrected chi connectivity index (χ1v) is 7.87. The molecule has 1 unspecified atom stereocenters. The van der Waals surface area contributed by atoms with E-state index >= 15 is 0 Å². The standard InChI is InChI=1S/C15H26N2O3/c16-15(5-9-19-10-6-15)13(18)17-7-1-3-14(11-17)4-2-8-20-12-14/h1-12,16H2. The normalized spacial score (nSPS) is 34.1. The van der Waals surface area contributed by atoms with E-state index in [1.165, 1.54) is 12.8 Å². The van der Waals surface area contributed by atoms with Gasteiger partial charge in [0.15, 0.2) is 0 Å². The van der Waals surface area contributed by atoms with Gasteiger partial charge in [0.25, 0.3) is 0 Å². The molecule has 0 saturated carbocycles. The van der Waals surface area contributed by atoms with Crippen LogP contribution in [0.25, 0.3) is 0 Å². The molecule has 0 aromatic carbocycles. The summed E-state index contributed by atoms with van der Waals surface area (Å²) in [6.07, 6.45) is 5.83. The van der Waals surface area contributed by atoms with Crippen molar-refractivity contribution in [1.29, 1.82) is 0 Å². The zero-order valence-corrected chi connectivity index (χ0v) is 12.2. The zero-order valence-electron chi connectivity index (χ0n) is 12.2. The average molecular weight is 282 g/mol. The van der Waals surface area contributed by atoms with E-state index in [1.807, 2.05) is 4.90 Å². The highest BCUT2D eigenvalue weighted by Gasteiger charge is 2.44. The molecule has 3 rings (SSSR count). The van der Waals surface area contributed by atoms with Crippen LogP contribution in [0, 0.1) is 5.41 Å². The smallest absolute Gasteiger partial charge is 0.242 e. The van der Waals surface area contributed by atoms with Crippen LogP contribution in [0.4, 0.5) is 0 Å². The number of piperidine rings is 1. The molecule has 3 fully saturated rings. The van der Waals surface area contributed by atoms with Crippen molar-refractivity contribution >= 4 is 5.91 Å². The fourth-order valence-electron chi connectivity index (χ4n) is 3.88. The summed E-state index contributed by atoms with van der Waals surface area (Å²) in [6.45, 7) is 4.55. The van der Waals surface area contributed by atoms with Gasteiger partial charge in [-0.2, -0.15) is 0 Å². The molecule has 1 spiro atoms. The Labute approximate surface area is 120 Å². The fourth-order valence-corrected chi connectivity index (χ4v) is 3.88. The number of nitrogens with zero attached hydrogens (tertiary/aromatic N) is 1. The lowest BCUT2D eigenvalue weighted by molar-refractivity contribution is -0.147. The number of carbonyl (C=O) groups excluding carboxylic acids is 1. The highest BCUT2D eigenvalue weighted by molar-refractivity contribution is 5.86. The number of ether oxygens (including phenoxy) is 2. The van der Waals surface area contributed by atoms with Crippen LogP contribution < -0.4 is 5.73 Å². The molecule has 1 atom stereocenters. The first-order chi connectivity index (χ1) is 9.64. The summed E-state index contributed by atoms with van der Waals surface area (Å²) < 4.78 is 11.0. The summed E-state index contributed by atoms with van der Waals surface area (Å²) in [5.41, 5.74) is 5.84. The van der Waals surface area contributed by atoms with Crippen molar-refractivity contribution in [2.45, 2.75) is 44.1 Å². The summed E-state index contributed by atoms with van der Waals surface area (Å²) in [6, 6.07) is 0. The van der Waals surface area contributed by atoms with Crippen molar-refractivity contribution in [2.24, 2.45) is 11.1 Å². The lowest BCUT2D eigenvalue weighted by atomic mass is 9.75. The van der Waals surface area contributed by atoms with Gasteiger partial charge in [0.05, 0.1) is 12.1 Å². The number of hydrogen-bond donors (Lipinski definition) is 1. The third-order valence-corrected chi connectivity index (χ3v) is 5.16. The van der Waals surface area contributed by atoms with Crippen molar-refractivity contribution in [3.8, 4) is 0 Å². The molecule has 0 aromatic heterocycles. The molecule has 5 nitrogen and oxygen atoms in total. The average Bonchev–Trinajstić information content (AvgIpc) is 2.48. The van der Waals surface area contributed by atoms with Crippen LogP contribution >= 0.6 is 0 Å². The molecule has 3 heterocycles. The predicted molar refractivity (Wildman–Crippen MR) is 75.3 cm³/mol. The minimum Gasteiger partial charge on any atom is -0.381 e. The molecule has 0 aliphatic carbocycles. The Morgan fingerprint density at radius 3 is 2.45 bits per heavy atom. The second-order valence-corrected chi connectivity index (χ2v) is 6.75. The number of nitrogens with two attached hydrogens (primary N) is 1. The predicted octanol–water partition coefficient (Wildman–Crippen LogP) is 0.913. The van der Waals surface area contributed by atoms with Crippen LogP contribution in [0.3, 0.4) is 0 Å². The van der Waals surface area contributed by atoms with Gasteiger partial charge in [0.2, 0.25) is 5.91 Å². The SMILES string of the molecule is NC1(C(=O)N2CCCC3(CCCOC3)C2)CCOCC1. The van der Waals surface area contributed by atoms with Gasteiger partial charge in [-0.15, -0.1) is 0 Å². The van der Waals surface area contributed by atoms with Crippen LogP contribution in [0.15, 0.2) is 0 Å². The Bertz CT molecular complexity index is 355. The minimum atomic E-state index is -0.702. The molecule has 0 radical (unpaired) electrons. The zero-order chi connectivity index (χ0) is 14.1. The molecule has 0 bridgehead atoms. The number of rotatable bonds is 1. The fraction of sp³-hybridized carbons (Fsp3) is 0.933. The highest BCUT2D eigenvalue weighted by Crippen LogP contribution is 2.38. The first-order valence-electron chi connectivity index (χ1n) is 7.87. The van der Waals surface area contributed by atoms with Gasteiger partial charge in [0, 0.05) is 38.3 Å². The lowest BCUT2D eigenvalue weighted by Crippen LogP contribution is -2.61. The second-order valence-electron chi connectivity index (χ2n) is 6.75. The van der Waals surface area contributed by atoms with Gasteiger partial charge in [-0.3, -0.25) is 4.79 Å². The molecular weight excluding hydrogens is 256 g/mol. The van der Waals surface area contributed by atoms with Crippen LogP contribution in [0.2, 0.25) is 0 Å². The van der Waals surface area contributed by atoms with Crippen molar-refractivity contribution < 1.29 is 14.3 Å². The molecule has 3 saturated heterocycles. The molecule has 20 heavy (non-hydrogen) atoms. The Morgan fingerprint density at radius 1 is 1.00 bits per heavy atom. The summed E-state index contributed by atoms with van der Waals surface area (Å²) >= 11 is 0. The molecular formula is C15H26N2O3. The van der Waals surface area contributed by atoms with Crippen LogP contribution in [0.5, 0.6) is 0 Å². The quantitative estimate of drug-likeness (QED) is 0.776. The topological polar surface area (TPSA) is 64.8 Å². The van der Waals surface area contributed by atoms with Crippen LogP contribution in [-0.2, 0) is 14.3 Å². The van der Waals surface area contributed by atoms with E-state index in [9.17, 15) is 4.79 Å². The molecule has 1 amide bonds. The Morgan fingerprint density at radius 2 is 1.75 bits per heavy atom. The van der Waals surface area contributed by atoms with Gasteiger partial charge < -0.3 is 20.1 Å². The minimum absolute atomic E-state index is 0.130. The Hall–Kier alpha value is -0.650. The molecule has 3 aliphatic heterocycles. The monoisotopic (exact) mass is 282 g/mol. The van der Waals surface area contributed by atoms with Gasteiger partial charge in [-0.1, -0.05) is 0 Å². The third-order valence-electron chi connectivity index (χ3n) is 5.16. The summed E-state index contributed by atoms with van der Waals surface area (Å²) in [5, 5.41) is 0. The molecule has 3 aliphatic rings. The van der Waals surface area contributed by atoms with E-state index in [4.69, 9.17) is 15.2 Å². The van der Waals surface area contributed by atoms with E-state index in [2.05, 4.69) is 0 Å². The highest BCUT2D eigenvalue weighted by atomic mass is 16.5. The maximum absolute atomic E-state index is 12.8. The van der Waals surface area contributed by atoms with Crippen molar-refractivity contribution in [2.75, 3.05) is 39.5 Å². The summed E-state index contributed by atoms with van der Waals surface area (Å²) in [5.74, 6) is 0.130. The number of amides is 1. The van der Waals surface area contributed by atoms with Crippen molar-refractivity contribution in [3.05, 3.63) is 0 Å². The maximum Gasteiger partial charge on any atom is 0.242 e. The van der Waals surface area contributed by atoms with E-state index in [0.29, 0.717) is 26.1 Å². The number of hydrogen-bond acceptors (Lipinski definition) is 4. The van der Waals surface area contributed by atoms with E-state index in [-0.39, 0.29) is 11.3 Å². The second kappa shape index (κ2) is 5.62. The van der Waals surface area contributed by atoms with Crippen LogP contribution in [0.1, 0.15) is 38.5 Å². The van der Waals surface area contributed by atoms with Gasteiger partial charge in [-0.25, -0.2) is 0 Å². The van der Waals surface area contributed by atoms with Gasteiger partial charge >= 0.3 is 0 Å². The third kappa shape index (κ3) is 2.71.